The summed E-state index contributed by atoms with van der Waals surface area (Å²) >= 11 is 0. The summed E-state index contributed by atoms with van der Waals surface area (Å²) in [6.45, 7) is 4.15. The summed E-state index contributed by atoms with van der Waals surface area (Å²) in [5.74, 6) is 0.573. The molecule has 0 aliphatic carbocycles. The van der Waals surface area contributed by atoms with Crippen LogP contribution in [0, 0.1) is 0 Å². The molecule has 2 aliphatic rings. The summed E-state index contributed by atoms with van der Waals surface area (Å²) in [5.41, 5.74) is 5.95. The molecule has 1 fully saturated rings. The molecule has 2 aromatic carbocycles. The number of aromatic carboxylic acids is 1. The summed E-state index contributed by atoms with van der Waals surface area (Å²) in [5, 5.41) is 17.8. The first-order valence-corrected chi connectivity index (χ1v) is 14.4. The third-order valence-electron chi connectivity index (χ3n) is 7.94. The maximum atomic E-state index is 11.6. The minimum Gasteiger partial charge on any atom is -0.478 e. The second-order valence-electron chi connectivity index (χ2n) is 10.8. The molecule has 5 heterocycles. The summed E-state index contributed by atoms with van der Waals surface area (Å²) in [7, 11) is 0. The molecule has 1 N–H and O–H groups in total. The van der Waals surface area contributed by atoms with Gasteiger partial charge in [0.15, 0.2) is 0 Å². The fourth-order valence-corrected chi connectivity index (χ4v) is 5.46. The molecule has 1 atom stereocenters. The zero-order valence-electron chi connectivity index (χ0n) is 23.5. The molecule has 11 heteroatoms. The van der Waals surface area contributed by atoms with Gasteiger partial charge in [0.05, 0.1) is 59.6 Å². The number of rotatable bonds is 10. The van der Waals surface area contributed by atoms with Gasteiger partial charge < -0.3 is 19.1 Å². The molecule has 0 radical (unpaired) electrons. The standard InChI is InChI=1S/C32H31N7O4/c40-32(41)24-6-9-28-29(18-24)38(19-26-12-17-42-26)30(35-28)20-37-15-10-23(11-16-37)27-2-1-3-31(36-27)43-21-22-4-7-25(8-5-22)39-33-13-14-34-39/h1-10,13-14,18,26H,11-12,15-17,19-21H2,(H,40,41)/t26-/m0/s1. The van der Waals surface area contributed by atoms with Crippen molar-refractivity contribution in [2.24, 2.45) is 0 Å². The Morgan fingerprint density at radius 2 is 1.88 bits per heavy atom. The zero-order valence-corrected chi connectivity index (χ0v) is 23.5. The highest BCUT2D eigenvalue weighted by Crippen LogP contribution is 2.26. The number of carboxylic acid groups (broad SMARTS) is 1. The molecule has 0 bridgehead atoms. The van der Waals surface area contributed by atoms with Crippen molar-refractivity contribution in [1.82, 2.24) is 34.4 Å². The van der Waals surface area contributed by atoms with E-state index in [4.69, 9.17) is 19.4 Å². The van der Waals surface area contributed by atoms with Crippen molar-refractivity contribution in [2.45, 2.75) is 38.6 Å². The third kappa shape index (κ3) is 5.90. The molecule has 0 amide bonds. The summed E-state index contributed by atoms with van der Waals surface area (Å²) in [6.07, 6.45) is 7.52. The zero-order chi connectivity index (χ0) is 29.2. The topological polar surface area (TPSA) is 120 Å². The maximum Gasteiger partial charge on any atom is 0.335 e. The highest BCUT2D eigenvalue weighted by atomic mass is 16.5. The summed E-state index contributed by atoms with van der Waals surface area (Å²) in [4.78, 5) is 25.2. The van der Waals surface area contributed by atoms with Gasteiger partial charge in [0, 0.05) is 25.8 Å². The van der Waals surface area contributed by atoms with Crippen molar-refractivity contribution in [3.63, 3.8) is 0 Å². The summed E-state index contributed by atoms with van der Waals surface area (Å²) in [6, 6.07) is 18.9. The van der Waals surface area contributed by atoms with E-state index < -0.39 is 5.97 Å². The van der Waals surface area contributed by atoms with Gasteiger partial charge in [-0.25, -0.2) is 14.8 Å². The number of carbonyl (C=O) groups is 1. The number of imidazole rings is 1. The Bertz CT molecular complexity index is 1780. The molecule has 0 saturated carbocycles. The maximum absolute atomic E-state index is 11.6. The van der Waals surface area contributed by atoms with Gasteiger partial charge in [-0.15, -0.1) is 0 Å². The minimum atomic E-state index is -0.939. The van der Waals surface area contributed by atoms with Crippen molar-refractivity contribution in [3.05, 3.63) is 102 Å². The Kier molecular flexibility index (Phi) is 7.40. The van der Waals surface area contributed by atoms with E-state index in [-0.39, 0.29) is 11.7 Å². The van der Waals surface area contributed by atoms with E-state index in [1.807, 2.05) is 42.5 Å². The van der Waals surface area contributed by atoms with E-state index in [0.717, 1.165) is 66.3 Å². The first-order chi connectivity index (χ1) is 21.1. The quantitative estimate of drug-likeness (QED) is 0.258. The third-order valence-corrected chi connectivity index (χ3v) is 7.94. The molecule has 43 heavy (non-hydrogen) atoms. The number of pyridine rings is 1. The molecule has 2 aliphatic heterocycles. The van der Waals surface area contributed by atoms with Gasteiger partial charge in [-0.3, -0.25) is 4.90 Å². The molecule has 5 aromatic rings. The Balaban J connectivity index is 1.01. The second-order valence-corrected chi connectivity index (χ2v) is 10.8. The molecular formula is C32H31N7O4. The van der Waals surface area contributed by atoms with Crippen LogP contribution < -0.4 is 4.74 Å². The minimum absolute atomic E-state index is 0.136. The van der Waals surface area contributed by atoms with Gasteiger partial charge in [0.1, 0.15) is 12.4 Å². The number of ether oxygens (including phenoxy) is 2. The Morgan fingerprint density at radius 3 is 2.60 bits per heavy atom. The highest BCUT2D eigenvalue weighted by Gasteiger charge is 2.24. The van der Waals surface area contributed by atoms with Crippen LogP contribution >= 0.6 is 0 Å². The number of hydrogen-bond acceptors (Lipinski definition) is 8. The Hall–Kier alpha value is -4.87. The van der Waals surface area contributed by atoms with Crippen LogP contribution in [0.2, 0.25) is 0 Å². The lowest BCUT2D eigenvalue weighted by molar-refractivity contribution is -0.0591. The number of fused-ring (bicyclic) bond motifs is 1. The molecule has 11 nitrogen and oxygen atoms in total. The van der Waals surface area contributed by atoms with Gasteiger partial charge in [-0.1, -0.05) is 24.3 Å². The van der Waals surface area contributed by atoms with E-state index in [0.29, 0.717) is 25.6 Å². The number of aromatic nitrogens is 6. The molecule has 3 aromatic heterocycles. The van der Waals surface area contributed by atoms with E-state index in [1.165, 1.54) is 5.57 Å². The normalized spacial score (nSPS) is 17.0. The van der Waals surface area contributed by atoms with Gasteiger partial charge in [-0.2, -0.15) is 15.0 Å². The van der Waals surface area contributed by atoms with Gasteiger partial charge in [-0.05, 0) is 60.4 Å². The fourth-order valence-electron chi connectivity index (χ4n) is 5.46. The lowest BCUT2D eigenvalue weighted by Gasteiger charge is -2.29. The Labute approximate surface area is 248 Å². The van der Waals surface area contributed by atoms with Gasteiger partial charge in [0.25, 0.3) is 0 Å². The molecule has 1 saturated heterocycles. The van der Waals surface area contributed by atoms with E-state index >= 15 is 0 Å². The number of nitrogens with zero attached hydrogens (tertiary/aromatic N) is 7. The molecule has 0 unspecified atom stereocenters. The van der Waals surface area contributed by atoms with Crippen LogP contribution in [0.1, 0.15) is 40.3 Å². The van der Waals surface area contributed by atoms with E-state index in [1.54, 1.807) is 35.4 Å². The van der Waals surface area contributed by atoms with Crippen molar-refractivity contribution in [1.29, 1.82) is 0 Å². The lowest BCUT2D eigenvalue weighted by atomic mass is 10.0. The Morgan fingerprint density at radius 1 is 1.05 bits per heavy atom. The van der Waals surface area contributed by atoms with Crippen LogP contribution in [0.15, 0.2) is 79.1 Å². The van der Waals surface area contributed by atoms with Crippen LogP contribution in [-0.2, 0) is 24.4 Å². The lowest BCUT2D eigenvalue weighted by Crippen LogP contribution is -2.33. The monoisotopic (exact) mass is 577 g/mol. The smallest absolute Gasteiger partial charge is 0.335 e. The second kappa shape index (κ2) is 11.8. The van der Waals surface area contributed by atoms with Gasteiger partial charge in [0.2, 0.25) is 5.88 Å². The van der Waals surface area contributed by atoms with Crippen molar-refractivity contribution < 1.29 is 19.4 Å². The van der Waals surface area contributed by atoms with Crippen molar-refractivity contribution >= 4 is 22.6 Å². The average Bonchev–Trinajstić information content (AvgIpc) is 3.67. The molecule has 0 spiro atoms. The molecule has 218 valence electrons. The first-order valence-electron chi connectivity index (χ1n) is 14.4. The van der Waals surface area contributed by atoms with Gasteiger partial charge >= 0.3 is 5.97 Å². The number of carboxylic acids is 1. The summed E-state index contributed by atoms with van der Waals surface area (Å²) < 4.78 is 13.9. The molecule has 7 rings (SSSR count). The number of hydrogen-bond donors (Lipinski definition) is 1. The average molecular weight is 578 g/mol. The SMILES string of the molecule is O=C(O)c1ccc2nc(CN3CC=C(c4cccc(OCc5ccc(-n6nccn6)cc5)n4)CC3)n(C[C@@H]3CCO3)c2c1. The first kappa shape index (κ1) is 27.0. The predicted octanol–water partition coefficient (Wildman–Crippen LogP) is 4.37. The highest BCUT2D eigenvalue weighted by molar-refractivity contribution is 5.92. The number of benzene rings is 2. The van der Waals surface area contributed by atoms with Crippen LogP contribution in [-0.4, -0.2) is 71.3 Å². The van der Waals surface area contributed by atoms with Crippen LogP contribution in [0.5, 0.6) is 5.88 Å². The fraction of sp³-hybridized carbons (Fsp3) is 0.281. The van der Waals surface area contributed by atoms with Crippen LogP contribution in [0.4, 0.5) is 0 Å². The van der Waals surface area contributed by atoms with Crippen molar-refractivity contribution in [2.75, 3.05) is 19.7 Å². The van der Waals surface area contributed by atoms with E-state index in [2.05, 4.69) is 25.7 Å². The predicted molar refractivity (Wildman–Crippen MR) is 159 cm³/mol. The van der Waals surface area contributed by atoms with Crippen molar-refractivity contribution in [3.8, 4) is 11.6 Å². The largest absolute Gasteiger partial charge is 0.478 e. The molecular weight excluding hydrogens is 546 g/mol. The van der Waals surface area contributed by atoms with E-state index in [9.17, 15) is 9.90 Å². The van der Waals surface area contributed by atoms with Crippen LogP contribution in [0.3, 0.4) is 0 Å². The van der Waals surface area contributed by atoms with Crippen LogP contribution in [0.25, 0.3) is 22.3 Å².